The molecule has 0 heterocycles. The van der Waals surface area contributed by atoms with E-state index < -0.39 is 13.5 Å². The molecule has 18 heavy (non-hydrogen) atoms. The lowest BCUT2D eigenvalue weighted by Crippen LogP contribution is -2.32. The average molecular weight is 258 g/mol. The van der Waals surface area contributed by atoms with Gasteiger partial charge in [0.1, 0.15) is 13.5 Å². The number of aliphatic hydroxyl groups excluding tert-OH is 2. The molecule has 0 saturated carbocycles. The van der Waals surface area contributed by atoms with Crippen LogP contribution in [0.25, 0.3) is 0 Å². The van der Waals surface area contributed by atoms with E-state index in [2.05, 4.69) is 6.92 Å². The Morgan fingerprint density at radius 1 is 0.944 bits per heavy atom. The van der Waals surface area contributed by atoms with Gasteiger partial charge in [0.25, 0.3) is 0 Å². The van der Waals surface area contributed by atoms with Crippen molar-refractivity contribution in [2.24, 2.45) is 0 Å². The molecule has 4 heteroatoms. The highest BCUT2D eigenvalue weighted by molar-refractivity contribution is 5.84. The van der Waals surface area contributed by atoms with Crippen LogP contribution in [0.15, 0.2) is 0 Å². The highest BCUT2D eigenvalue weighted by atomic mass is 16.3. The van der Waals surface area contributed by atoms with E-state index in [1.807, 2.05) is 0 Å². The Balaban J connectivity index is 3.27. The van der Waals surface area contributed by atoms with Gasteiger partial charge in [-0.3, -0.25) is 9.69 Å². The van der Waals surface area contributed by atoms with Crippen LogP contribution in [0, 0.1) is 6.42 Å². The summed E-state index contributed by atoms with van der Waals surface area (Å²) in [5.74, 6) is -0.289. The molecule has 0 aliphatic heterocycles. The third kappa shape index (κ3) is 9.42. The predicted octanol–water partition coefficient (Wildman–Crippen LogP) is 2.45. The second kappa shape index (κ2) is 12.8. The lowest BCUT2D eigenvalue weighted by Gasteiger charge is -2.15. The first kappa shape index (κ1) is 17.4. The Bertz CT molecular complexity index is 193. The van der Waals surface area contributed by atoms with Crippen LogP contribution in [0.5, 0.6) is 0 Å². The maximum atomic E-state index is 11.4. The summed E-state index contributed by atoms with van der Waals surface area (Å²) in [5.41, 5.74) is 0. The van der Waals surface area contributed by atoms with E-state index in [4.69, 9.17) is 10.2 Å². The third-order valence-electron chi connectivity index (χ3n) is 3.03. The second-order valence-corrected chi connectivity index (χ2v) is 4.63. The zero-order valence-electron chi connectivity index (χ0n) is 11.6. The summed E-state index contributed by atoms with van der Waals surface area (Å²) in [6, 6.07) is 0. The van der Waals surface area contributed by atoms with Crippen LogP contribution >= 0.6 is 0 Å². The van der Waals surface area contributed by atoms with Gasteiger partial charge >= 0.3 is 0 Å². The van der Waals surface area contributed by atoms with E-state index in [1.54, 1.807) is 6.42 Å². The number of carbonyl (C=O) groups is 1. The van der Waals surface area contributed by atoms with Gasteiger partial charge in [-0.1, -0.05) is 58.3 Å². The molecule has 0 unspecified atom stereocenters. The quantitative estimate of drug-likeness (QED) is 0.417. The van der Waals surface area contributed by atoms with Gasteiger partial charge in [0, 0.05) is 6.42 Å². The highest BCUT2D eigenvalue weighted by Crippen LogP contribution is 2.10. The monoisotopic (exact) mass is 258 g/mol. The highest BCUT2D eigenvalue weighted by Gasteiger charge is 2.10. The number of unbranched alkanes of at least 4 members (excludes halogenated alkanes) is 8. The van der Waals surface area contributed by atoms with E-state index >= 15 is 0 Å². The molecule has 0 fully saturated rings. The molecule has 0 aliphatic carbocycles. The van der Waals surface area contributed by atoms with Crippen molar-refractivity contribution >= 4 is 5.91 Å². The van der Waals surface area contributed by atoms with Crippen LogP contribution in [0.3, 0.4) is 0 Å². The Morgan fingerprint density at radius 3 is 1.94 bits per heavy atom. The smallest absolute Gasteiger partial charge is 0.230 e. The summed E-state index contributed by atoms with van der Waals surface area (Å²) in [4.78, 5) is 12.4. The van der Waals surface area contributed by atoms with Gasteiger partial charge in [-0.15, -0.1) is 0 Å². The van der Waals surface area contributed by atoms with E-state index in [-0.39, 0.29) is 5.91 Å². The van der Waals surface area contributed by atoms with Crippen molar-refractivity contribution < 1.29 is 15.0 Å². The topological polar surface area (TPSA) is 60.8 Å². The Kier molecular flexibility index (Phi) is 12.4. The first-order valence-electron chi connectivity index (χ1n) is 7.10. The largest absolute Gasteiger partial charge is 0.376 e. The molecule has 107 valence electrons. The molecule has 0 spiro atoms. The summed E-state index contributed by atoms with van der Waals surface area (Å²) >= 11 is 0. The Morgan fingerprint density at radius 2 is 1.44 bits per heavy atom. The van der Waals surface area contributed by atoms with Gasteiger partial charge in [0.15, 0.2) is 0 Å². The number of aliphatic hydroxyl groups is 2. The van der Waals surface area contributed by atoms with Crippen LogP contribution in [0.2, 0.25) is 0 Å². The molecule has 2 N–H and O–H groups in total. The zero-order chi connectivity index (χ0) is 13.6. The Labute approximate surface area is 111 Å². The number of hydrogen-bond acceptors (Lipinski definition) is 3. The third-order valence-corrected chi connectivity index (χ3v) is 3.03. The molecule has 0 aromatic heterocycles. The number of nitrogens with zero attached hydrogens (tertiary/aromatic N) is 1. The van der Waals surface area contributed by atoms with Gasteiger partial charge in [0.05, 0.1) is 0 Å². The van der Waals surface area contributed by atoms with Crippen molar-refractivity contribution in [3.05, 3.63) is 6.42 Å². The van der Waals surface area contributed by atoms with Crippen LogP contribution in [-0.2, 0) is 4.79 Å². The fourth-order valence-corrected chi connectivity index (χ4v) is 1.82. The summed E-state index contributed by atoms with van der Waals surface area (Å²) < 4.78 is 0. The van der Waals surface area contributed by atoms with E-state index in [1.165, 1.54) is 38.5 Å². The molecule has 0 atom stereocenters. The first-order chi connectivity index (χ1) is 8.76. The molecular weight excluding hydrogens is 230 g/mol. The number of amides is 1. The lowest BCUT2D eigenvalue weighted by molar-refractivity contribution is -0.135. The molecule has 0 bridgehead atoms. The standard InChI is InChI=1S/C14H28NO3/c1-2-3-4-5-6-7-8-9-10-11-14(18)15(12-16)13-17/h11,16-17H,2-10,12-13H2,1H3. The molecular formula is C14H28NO3. The normalized spacial score (nSPS) is 10.6. The summed E-state index contributed by atoms with van der Waals surface area (Å²) in [6.07, 6.45) is 12.2. The van der Waals surface area contributed by atoms with E-state index in [9.17, 15) is 4.79 Å². The van der Waals surface area contributed by atoms with Gasteiger partial charge in [-0.05, 0) is 6.42 Å². The molecule has 0 rings (SSSR count). The summed E-state index contributed by atoms with van der Waals surface area (Å²) in [7, 11) is 0. The van der Waals surface area contributed by atoms with Crippen molar-refractivity contribution in [3.63, 3.8) is 0 Å². The van der Waals surface area contributed by atoms with Gasteiger partial charge < -0.3 is 10.2 Å². The molecule has 0 saturated heterocycles. The van der Waals surface area contributed by atoms with Crippen molar-refractivity contribution in [3.8, 4) is 0 Å². The minimum Gasteiger partial charge on any atom is -0.376 e. The summed E-state index contributed by atoms with van der Waals surface area (Å²) in [5, 5.41) is 17.5. The maximum absolute atomic E-state index is 11.4. The van der Waals surface area contributed by atoms with Crippen molar-refractivity contribution in [1.82, 2.24) is 4.90 Å². The van der Waals surface area contributed by atoms with Crippen LogP contribution in [0.4, 0.5) is 0 Å². The predicted molar refractivity (Wildman–Crippen MR) is 72.5 cm³/mol. The molecule has 1 radical (unpaired) electrons. The van der Waals surface area contributed by atoms with Crippen molar-refractivity contribution in [2.75, 3.05) is 13.5 Å². The van der Waals surface area contributed by atoms with Crippen molar-refractivity contribution in [2.45, 2.75) is 64.7 Å². The van der Waals surface area contributed by atoms with Crippen LogP contribution in [0.1, 0.15) is 64.7 Å². The van der Waals surface area contributed by atoms with E-state index in [0.717, 1.165) is 24.2 Å². The van der Waals surface area contributed by atoms with Crippen molar-refractivity contribution in [1.29, 1.82) is 0 Å². The maximum Gasteiger partial charge on any atom is 0.230 e. The number of hydrogen-bond donors (Lipinski definition) is 2. The number of carbonyl (C=O) groups excluding carboxylic acids is 1. The van der Waals surface area contributed by atoms with Crippen LogP contribution < -0.4 is 0 Å². The number of rotatable bonds is 12. The fourth-order valence-electron chi connectivity index (χ4n) is 1.82. The lowest BCUT2D eigenvalue weighted by atomic mass is 10.1. The van der Waals surface area contributed by atoms with Gasteiger partial charge in [-0.2, -0.15) is 0 Å². The molecule has 4 nitrogen and oxygen atoms in total. The SMILES string of the molecule is CCCCCCCCCC[CH]C(=O)N(CO)CO. The van der Waals surface area contributed by atoms with E-state index in [0.29, 0.717) is 0 Å². The average Bonchev–Trinajstić information content (AvgIpc) is 2.38. The summed E-state index contributed by atoms with van der Waals surface area (Å²) in [6.45, 7) is 1.36. The minimum absolute atomic E-state index is 0.289. The van der Waals surface area contributed by atoms with Gasteiger partial charge in [-0.25, -0.2) is 0 Å². The van der Waals surface area contributed by atoms with Crippen LogP contribution in [-0.4, -0.2) is 34.5 Å². The second-order valence-electron chi connectivity index (χ2n) is 4.63. The molecule has 1 amide bonds. The molecule has 0 aromatic rings. The Hall–Kier alpha value is -0.610. The molecule has 0 aromatic carbocycles. The fraction of sp³-hybridized carbons (Fsp3) is 0.857. The first-order valence-corrected chi connectivity index (χ1v) is 7.10. The van der Waals surface area contributed by atoms with Gasteiger partial charge in [0.2, 0.25) is 5.91 Å². The minimum atomic E-state index is -0.427. The zero-order valence-corrected chi connectivity index (χ0v) is 11.6. The molecule has 0 aliphatic rings.